The average molecular weight is 500 g/mol. The van der Waals surface area contributed by atoms with Crippen LogP contribution in [0.2, 0.25) is 0 Å². The Hall–Kier alpha value is -3.38. The maximum Gasteiger partial charge on any atom is 0.326 e. The number of piperidine rings is 1. The lowest BCUT2D eigenvalue weighted by Crippen LogP contribution is -2.53. The monoisotopic (exact) mass is 499 g/mol. The van der Waals surface area contributed by atoms with E-state index >= 15 is 0 Å². The van der Waals surface area contributed by atoms with E-state index in [1.807, 2.05) is 0 Å². The number of carboxylic acid groups (broad SMARTS) is 1. The number of rotatable bonds is 13. The molecule has 0 aromatic heterocycles. The molecule has 0 aromatic rings. The molecule has 1 aliphatic rings. The Labute approximate surface area is 204 Å². The molecule has 6 N–H and O–H groups in total. The van der Waals surface area contributed by atoms with Gasteiger partial charge in [0.25, 0.3) is 0 Å². The Balaban J connectivity index is 2.53. The molecule has 0 bridgehead atoms. The summed E-state index contributed by atoms with van der Waals surface area (Å²) >= 11 is 0. The Bertz CT molecular complexity index is 780. The first kappa shape index (κ1) is 29.7. The van der Waals surface area contributed by atoms with Gasteiger partial charge in [-0.3, -0.25) is 19.2 Å². The molecular formula is C22H37N5O8. The van der Waals surface area contributed by atoms with Gasteiger partial charge in [0.05, 0.1) is 13.0 Å². The molecule has 1 heterocycles. The molecule has 5 amide bonds. The van der Waals surface area contributed by atoms with Crippen molar-refractivity contribution in [3.8, 4) is 0 Å². The molecule has 1 saturated heterocycles. The van der Waals surface area contributed by atoms with Crippen LogP contribution < -0.4 is 21.7 Å². The lowest BCUT2D eigenvalue weighted by molar-refractivity contribution is -0.149. The molecule has 13 nitrogen and oxygen atoms in total. The molecule has 0 radical (unpaired) electrons. The van der Waals surface area contributed by atoms with Gasteiger partial charge in [-0.1, -0.05) is 13.8 Å². The number of carbonyl (C=O) groups is 6. The first-order valence-electron chi connectivity index (χ1n) is 11.7. The third-order valence-corrected chi connectivity index (χ3v) is 5.80. The van der Waals surface area contributed by atoms with Crippen molar-refractivity contribution in [3.63, 3.8) is 0 Å². The van der Waals surface area contributed by atoms with Gasteiger partial charge < -0.3 is 36.4 Å². The fraction of sp³-hybridized carbons (Fsp3) is 0.727. The van der Waals surface area contributed by atoms with Gasteiger partial charge >= 0.3 is 18.0 Å². The van der Waals surface area contributed by atoms with Crippen LogP contribution in [0.1, 0.15) is 52.4 Å². The van der Waals surface area contributed by atoms with Gasteiger partial charge in [0.15, 0.2) is 0 Å². The van der Waals surface area contributed by atoms with Crippen molar-refractivity contribution < 1.29 is 38.6 Å². The number of urea groups is 1. The highest BCUT2D eigenvalue weighted by molar-refractivity contribution is 5.91. The highest BCUT2D eigenvalue weighted by Gasteiger charge is 2.30. The van der Waals surface area contributed by atoms with E-state index in [0.717, 1.165) is 0 Å². The van der Waals surface area contributed by atoms with Crippen molar-refractivity contribution in [2.75, 3.05) is 26.7 Å². The van der Waals surface area contributed by atoms with E-state index in [4.69, 9.17) is 10.5 Å². The zero-order chi connectivity index (χ0) is 26.5. The number of aliphatic carboxylic acids is 1. The first-order valence-corrected chi connectivity index (χ1v) is 11.7. The molecule has 0 spiro atoms. The maximum absolute atomic E-state index is 12.7. The van der Waals surface area contributed by atoms with Crippen LogP contribution in [0.15, 0.2) is 0 Å². The van der Waals surface area contributed by atoms with Gasteiger partial charge in [0.1, 0.15) is 12.1 Å². The molecule has 198 valence electrons. The number of nitrogens with two attached hydrogens (primary N) is 1. The van der Waals surface area contributed by atoms with Crippen molar-refractivity contribution >= 4 is 35.7 Å². The SMILES string of the molecule is COC(=O)C1CCN(C(=O)CCC(=O)N[C@H](C(=O)N[C@@H](CCCNC(N)=O)C(=O)O)C(C)C)CC1. The second-order valence-corrected chi connectivity index (χ2v) is 8.80. The second-order valence-electron chi connectivity index (χ2n) is 8.80. The lowest BCUT2D eigenvalue weighted by atomic mass is 9.96. The fourth-order valence-electron chi connectivity index (χ4n) is 3.73. The fourth-order valence-corrected chi connectivity index (χ4v) is 3.73. The zero-order valence-corrected chi connectivity index (χ0v) is 20.5. The van der Waals surface area contributed by atoms with E-state index < -0.39 is 35.9 Å². The van der Waals surface area contributed by atoms with Crippen LogP contribution >= 0.6 is 0 Å². The Morgan fingerprint density at radius 1 is 1.06 bits per heavy atom. The number of amides is 5. The molecule has 1 aliphatic heterocycles. The third kappa shape index (κ3) is 10.6. The number of hydrogen-bond acceptors (Lipinski definition) is 7. The summed E-state index contributed by atoms with van der Waals surface area (Å²) in [5.41, 5.74) is 4.96. The van der Waals surface area contributed by atoms with Gasteiger partial charge in [-0.05, 0) is 31.6 Å². The van der Waals surface area contributed by atoms with Crippen molar-refractivity contribution in [1.82, 2.24) is 20.9 Å². The van der Waals surface area contributed by atoms with Crippen molar-refractivity contribution in [2.45, 2.75) is 64.5 Å². The van der Waals surface area contributed by atoms with Crippen LogP contribution in [0.4, 0.5) is 4.79 Å². The van der Waals surface area contributed by atoms with Gasteiger partial charge in [-0.25, -0.2) is 9.59 Å². The number of methoxy groups -OCH3 is 1. The third-order valence-electron chi connectivity index (χ3n) is 5.80. The molecule has 0 saturated carbocycles. The summed E-state index contributed by atoms with van der Waals surface area (Å²) in [5.74, 6) is -3.47. The number of hydrogen-bond donors (Lipinski definition) is 5. The van der Waals surface area contributed by atoms with E-state index in [2.05, 4.69) is 16.0 Å². The number of carbonyl (C=O) groups excluding carboxylic acids is 5. The number of likely N-dealkylation sites (tertiary alicyclic amines) is 1. The van der Waals surface area contributed by atoms with Crippen molar-refractivity contribution in [2.24, 2.45) is 17.6 Å². The minimum absolute atomic E-state index is 0.0498. The number of primary amides is 1. The van der Waals surface area contributed by atoms with Crippen LogP contribution in [0.5, 0.6) is 0 Å². The molecule has 35 heavy (non-hydrogen) atoms. The van der Waals surface area contributed by atoms with E-state index in [0.29, 0.717) is 25.9 Å². The van der Waals surface area contributed by atoms with Gasteiger partial charge in [0, 0.05) is 32.5 Å². The van der Waals surface area contributed by atoms with Crippen LogP contribution in [-0.4, -0.2) is 84.5 Å². The van der Waals surface area contributed by atoms with Crippen LogP contribution in [0.3, 0.4) is 0 Å². The van der Waals surface area contributed by atoms with E-state index in [1.165, 1.54) is 7.11 Å². The van der Waals surface area contributed by atoms with Crippen LogP contribution in [-0.2, 0) is 28.7 Å². The Morgan fingerprint density at radius 3 is 2.20 bits per heavy atom. The van der Waals surface area contributed by atoms with Gasteiger partial charge in [0.2, 0.25) is 17.7 Å². The first-order chi connectivity index (χ1) is 16.5. The second kappa shape index (κ2) is 14.8. The number of carboxylic acids is 1. The molecule has 0 aromatic carbocycles. The van der Waals surface area contributed by atoms with Crippen LogP contribution in [0, 0.1) is 11.8 Å². The summed E-state index contributed by atoms with van der Waals surface area (Å²) in [5, 5.41) is 16.7. The molecular weight excluding hydrogens is 462 g/mol. The number of nitrogens with one attached hydrogen (secondary N) is 3. The Kier molecular flexibility index (Phi) is 12.5. The predicted molar refractivity (Wildman–Crippen MR) is 124 cm³/mol. The molecule has 0 unspecified atom stereocenters. The Morgan fingerprint density at radius 2 is 1.69 bits per heavy atom. The van der Waals surface area contributed by atoms with Gasteiger partial charge in [-0.15, -0.1) is 0 Å². The maximum atomic E-state index is 12.7. The highest BCUT2D eigenvalue weighted by atomic mass is 16.5. The van der Waals surface area contributed by atoms with Crippen molar-refractivity contribution in [3.05, 3.63) is 0 Å². The minimum Gasteiger partial charge on any atom is -0.480 e. The standard InChI is InChI=1S/C22H37N5O8/c1-13(2)18(19(30)25-15(20(31)32)5-4-10-24-22(23)34)26-16(28)6-7-17(29)27-11-8-14(9-12-27)21(33)35-3/h13-15,18H,4-12H2,1-3H3,(H,25,30)(H,26,28)(H,31,32)(H3,23,24,34)/t15-,18-/m0/s1. The van der Waals surface area contributed by atoms with E-state index in [9.17, 15) is 33.9 Å². The summed E-state index contributed by atoms with van der Waals surface area (Å²) in [6.45, 7) is 4.38. The lowest BCUT2D eigenvalue weighted by Gasteiger charge is -2.30. The van der Waals surface area contributed by atoms with E-state index in [1.54, 1.807) is 18.7 Å². The quantitative estimate of drug-likeness (QED) is 0.162. The smallest absolute Gasteiger partial charge is 0.326 e. The number of ether oxygens (including phenoxy) is 1. The summed E-state index contributed by atoms with van der Waals surface area (Å²) in [7, 11) is 1.33. The predicted octanol–water partition coefficient (Wildman–Crippen LogP) is -0.663. The zero-order valence-electron chi connectivity index (χ0n) is 20.5. The summed E-state index contributed by atoms with van der Waals surface area (Å²) in [4.78, 5) is 73.0. The summed E-state index contributed by atoms with van der Waals surface area (Å²) in [6.07, 6.45) is 1.16. The van der Waals surface area contributed by atoms with Gasteiger partial charge in [-0.2, -0.15) is 0 Å². The largest absolute Gasteiger partial charge is 0.480 e. The molecule has 1 fully saturated rings. The normalized spacial score (nSPS) is 15.6. The van der Waals surface area contributed by atoms with E-state index in [-0.39, 0.29) is 55.9 Å². The number of esters is 1. The molecule has 1 rings (SSSR count). The van der Waals surface area contributed by atoms with Crippen LogP contribution in [0.25, 0.3) is 0 Å². The highest BCUT2D eigenvalue weighted by Crippen LogP contribution is 2.19. The molecule has 13 heteroatoms. The topological polar surface area (TPSA) is 197 Å². The molecule has 2 atom stereocenters. The summed E-state index contributed by atoms with van der Waals surface area (Å²) < 4.78 is 4.73. The van der Waals surface area contributed by atoms with Crippen molar-refractivity contribution in [1.29, 1.82) is 0 Å². The minimum atomic E-state index is -1.24. The number of nitrogens with zero attached hydrogens (tertiary/aromatic N) is 1. The average Bonchev–Trinajstić information content (AvgIpc) is 2.81. The summed E-state index contributed by atoms with van der Waals surface area (Å²) in [6, 6.07) is -2.92. The molecule has 0 aliphatic carbocycles.